The number of aliphatic imine (C=N–C) groups is 1. The van der Waals surface area contributed by atoms with Gasteiger partial charge in [-0.15, -0.1) is 0 Å². The molecule has 1 aliphatic carbocycles. The Balaban J connectivity index is 1.29. The van der Waals surface area contributed by atoms with Crippen LogP contribution in [0.4, 0.5) is 10.5 Å². The van der Waals surface area contributed by atoms with E-state index in [0.29, 0.717) is 49.7 Å². The number of nitrogens with zero attached hydrogens (tertiary/aromatic N) is 2. The van der Waals surface area contributed by atoms with Gasteiger partial charge in [0, 0.05) is 30.4 Å². The molecular formula is C25H37N5O3S. The Morgan fingerprint density at radius 2 is 1.97 bits per heavy atom. The molecule has 1 saturated heterocycles. The van der Waals surface area contributed by atoms with Crippen LogP contribution in [0.15, 0.2) is 23.2 Å². The van der Waals surface area contributed by atoms with Crippen molar-refractivity contribution < 1.29 is 13.8 Å². The number of piperidine rings is 1. The molecule has 3 amide bonds. The summed E-state index contributed by atoms with van der Waals surface area (Å²) in [6, 6.07) is 5.03. The molecule has 1 saturated carbocycles. The van der Waals surface area contributed by atoms with Crippen LogP contribution in [0, 0.1) is 18.8 Å². The Bertz CT molecular complexity index is 979. The number of carbonyl (C=O) groups is 2. The van der Waals surface area contributed by atoms with Crippen molar-refractivity contribution in [2.75, 3.05) is 24.2 Å². The molecule has 9 heteroatoms. The molecule has 4 N–H and O–H groups in total. The first-order valence-corrected chi connectivity index (χ1v) is 13.8. The number of amidine groups is 1. The average Bonchev–Trinajstić information content (AvgIpc) is 3.14. The molecule has 4 rings (SSSR count). The van der Waals surface area contributed by atoms with Gasteiger partial charge in [0.1, 0.15) is 11.4 Å². The highest BCUT2D eigenvalue weighted by atomic mass is 32.2. The first-order chi connectivity index (χ1) is 16.3. The second kappa shape index (κ2) is 10.6. The average molecular weight is 488 g/mol. The summed E-state index contributed by atoms with van der Waals surface area (Å²) in [4.78, 5) is 28.9. The molecule has 34 heavy (non-hydrogen) atoms. The van der Waals surface area contributed by atoms with Crippen molar-refractivity contribution in [2.45, 2.75) is 70.8 Å². The number of hydrogen-bond acceptors (Lipinski definition) is 4. The number of carbonyl (C=O) groups excluding carboxylic acids is 2. The molecule has 8 nitrogen and oxygen atoms in total. The van der Waals surface area contributed by atoms with Crippen LogP contribution in [0.2, 0.25) is 0 Å². The zero-order valence-corrected chi connectivity index (χ0v) is 21.1. The topological polar surface area (TPSA) is 117 Å². The van der Waals surface area contributed by atoms with E-state index < -0.39 is 22.6 Å². The van der Waals surface area contributed by atoms with Crippen LogP contribution >= 0.6 is 0 Å². The van der Waals surface area contributed by atoms with Crippen molar-refractivity contribution in [3.05, 3.63) is 29.3 Å². The van der Waals surface area contributed by atoms with Gasteiger partial charge in [0.15, 0.2) is 0 Å². The zero-order chi connectivity index (χ0) is 24.3. The molecule has 0 aromatic heterocycles. The van der Waals surface area contributed by atoms with Gasteiger partial charge in [0.05, 0.1) is 11.0 Å². The van der Waals surface area contributed by atoms with Gasteiger partial charge in [-0.1, -0.05) is 19.4 Å². The first-order valence-electron chi connectivity index (χ1n) is 12.5. The third-order valence-electron chi connectivity index (χ3n) is 7.80. The standard InChI is InChI=1S/C25H37N5O3S/c1-3-18-4-6-20(7-5-18)22-28-23(31)25(29-22)11-13-30(14-12-25)34(33)15-10-19-8-9-21(16-17(19)2)27-24(26)32/h8-9,16,18,20H,3-7,10-15H2,1-2H3,(H3,26,27,32)(H,28,29,31). The number of nitrogens with two attached hydrogens (primary N) is 1. The van der Waals surface area contributed by atoms with Crippen LogP contribution in [-0.2, 0) is 22.2 Å². The van der Waals surface area contributed by atoms with Crippen molar-refractivity contribution in [1.82, 2.24) is 9.62 Å². The zero-order valence-electron chi connectivity index (χ0n) is 20.3. The van der Waals surface area contributed by atoms with Crippen LogP contribution in [0.25, 0.3) is 0 Å². The van der Waals surface area contributed by atoms with E-state index >= 15 is 0 Å². The van der Waals surface area contributed by atoms with E-state index in [1.165, 1.54) is 19.3 Å². The molecule has 1 unspecified atom stereocenters. The van der Waals surface area contributed by atoms with Gasteiger partial charge >= 0.3 is 6.03 Å². The van der Waals surface area contributed by atoms with Crippen LogP contribution in [0.5, 0.6) is 0 Å². The molecule has 1 aromatic rings. The van der Waals surface area contributed by atoms with Gasteiger partial charge < -0.3 is 16.4 Å². The Morgan fingerprint density at radius 1 is 1.26 bits per heavy atom. The highest BCUT2D eigenvalue weighted by molar-refractivity contribution is 7.82. The molecular weight excluding hydrogens is 450 g/mol. The molecule has 0 bridgehead atoms. The lowest BCUT2D eigenvalue weighted by Crippen LogP contribution is -2.49. The molecule has 3 aliphatic rings. The normalized spacial score (nSPS) is 25.6. The van der Waals surface area contributed by atoms with E-state index in [1.807, 2.05) is 29.4 Å². The summed E-state index contributed by atoms with van der Waals surface area (Å²) < 4.78 is 15.0. The van der Waals surface area contributed by atoms with Crippen LogP contribution < -0.4 is 16.4 Å². The highest BCUT2D eigenvalue weighted by Crippen LogP contribution is 2.36. The van der Waals surface area contributed by atoms with Gasteiger partial charge in [0.2, 0.25) is 0 Å². The van der Waals surface area contributed by atoms with Gasteiger partial charge in [-0.2, -0.15) is 0 Å². The third kappa shape index (κ3) is 5.51. The van der Waals surface area contributed by atoms with Crippen molar-refractivity contribution >= 4 is 34.4 Å². The third-order valence-corrected chi connectivity index (χ3v) is 9.30. The lowest BCUT2D eigenvalue weighted by atomic mass is 9.80. The quantitative estimate of drug-likeness (QED) is 0.548. The Kier molecular flexibility index (Phi) is 7.72. The lowest BCUT2D eigenvalue weighted by molar-refractivity contribution is -0.124. The van der Waals surface area contributed by atoms with E-state index in [4.69, 9.17) is 10.7 Å². The summed E-state index contributed by atoms with van der Waals surface area (Å²) in [5.74, 6) is 2.66. The van der Waals surface area contributed by atoms with Crippen molar-refractivity contribution in [2.24, 2.45) is 22.6 Å². The monoisotopic (exact) mass is 487 g/mol. The Hall–Kier alpha value is -2.26. The molecule has 186 valence electrons. The van der Waals surface area contributed by atoms with Crippen LogP contribution in [0.1, 0.15) is 63.0 Å². The predicted octanol–water partition coefficient (Wildman–Crippen LogP) is 3.27. The van der Waals surface area contributed by atoms with Crippen molar-refractivity contribution in [1.29, 1.82) is 0 Å². The molecule has 2 heterocycles. The summed E-state index contributed by atoms with van der Waals surface area (Å²) in [5.41, 5.74) is 7.28. The molecule has 1 atom stereocenters. The molecule has 0 radical (unpaired) electrons. The maximum Gasteiger partial charge on any atom is 0.316 e. The number of benzene rings is 1. The van der Waals surface area contributed by atoms with Gasteiger partial charge in [-0.05, 0) is 81.0 Å². The summed E-state index contributed by atoms with van der Waals surface area (Å²) in [7, 11) is -1.11. The Labute approximate surface area is 204 Å². The van der Waals surface area contributed by atoms with Crippen LogP contribution in [-0.4, -0.2) is 50.7 Å². The molecule has 1 aromatic carbocycles. The highest BCUT2D eigenvalue weighted by Gasteiger charge is 2.47. The second-order valence-corrected chi connectivity index (χ2v) is 11.5. The fourth-order valence-electron chi connectivity index (χ4n) is 5.50. The predicted molar refractivity (Wildman–Crippen MR) is 136 cm³/mol. The fraction of sp³-hybridized carbons (Fsp3) is 0.640. The number of urea groups is 1. The van der Waals surface area contributed by atoms with E-state index in [2.05, 4.69) is 17.6 Å². The fourth-order valence-corrected chi connectivity index (χ4v) is 6.74. The van der Waals surface area contributed by atoms with E-state index in [-0.39, 0.29) is 5.91 Å². The Morgan fingerprint density at radius 3 is 2.59 bits per heavy atom. The van der Waals surface area contributed by atoms with E-state index in [1.54, 1.807) is 0 Å². The number of primary amides is 1. The van der Waals surface area contributed by atoms with Crippen LogP contribution in [0.3, 0.4) is 0 Å². The molecule has 2 aliphatic heterocycles. The van der Waals surface area contributed by atoms with Gasteiger partial charge in [0.25, 0.3) is 5.91 Å². The van der Waals surface area contributed by atoms with Crippen molar-refractivity contribution in [3.8, 4) is 0 Å². The van der Waals surface area contributed by atoms with Gasteiger partial charge in [-0.25, -0.2) is 13.3 Å². The number of nitrogens with one attached hydrogen (secondary N) is 2. The molecule has 2 fully saturated rings. The summed E-state index contributed by atoms with van der Waals surface area (Å²) in [5, 5.41) is 5.69. The smallest absolute Gasteiger partial charge is 0.316 e. The number of amides is 3. The minimum atomic E-state index is -1.11. The summed E-state index contributed by atoms with van der Waals surface area (Å²) >= 11 is 0. The van der Waals surface area contributed by atoms with E-state index in [9.17, 15) is 13.8 Å². The van der Waals surface area contributed by atoms with Crippen molar-refractivity contribution in [3.63, 3.8) is 0 Å². The molecule has 1 spiro atoms. The maximum absolute atomic E-state index is 13.0. The number of rotatable bonds is 7. The number of anilines is 1. The van der Waals surface area contributed by atoms with E-state index in [0.717, 1.165) is 35.7 Å². The summed E-state index contributed by atoms with van der Waals surface area (Å²) in [6.07, 6.45) is 7.82. The first kappa shape index (κ1) is 24.9. The minimum absolute atomic E-state index is 0.0332. The number of hydrogen-bond donors (Lipinski definition) is 3. The number of aryl methyl sites for hydroxylation is 2. The second-order valence-electron chi connectivity index (χ2n) is 9.94. The maximum atomic E-state index is 13.0. The van der Waals surface area contributed by atoms with Gasteiger partial charge in [-0.3, -0.25) is 9.79 Å². The minimum Gasteiger partial charge on any atom is -0.351 e. The largest absolute Gasteiger partial charge is 0.351 e. The summed E-state index contributed by atoms with van der Waals surface area (Å²) in [6.45, 7) is 5.45. The SMILES string of the molecule is CCC1CCC(C2=NC3(CCN(S(=O)CCc4ccc(NC(N)=O)cc4C)CC3)C(=O)N2)CC1. The lowest BCUT2D eigenvalue weighted by Gasteiger charge is -2.34.